The summed E-state index contributed by atoms with van der Waals surface area (Å²) in [7, 11) is 2.05. The third-order valence-electron chi connectivity index (χ3n) is 5.89. The van der Waals surface area contributed by atoms with E-state index in [0.717, 1.165) is 18.7 Å². The maximum absolute atomic E-state index is 13.7. The fourth-order valence-corrected chi connectivity index (χ4v) is 4.76. The molecule has 1 aliphatic rings. The van der Waals surface area contributed by atoms with Crippen LogP contribution in [0.4, 0.5) is 10.2 Å². The molecule has 1 aromatic carbocycles. The molecular weight excluding hydrogens is 395 g/mol. The molecule has 4 rings (SSSR count). The summed E-state index contributed by atoms with van der Waals surface area (Å²) in [6.45, 7) is 8.91. The Morgan fingerprint density at radius 1 is 1.03 bits per heavy atom. The van der Waals surface area contributed by atoms with E-state index in [1.54, 1.807) is 24.5 Å². The smallest absolute Gasteiger partial charge is 0.216 e. The number of hydrogen-bond acceptors (Lipinski definition) is 6. The number of benzene rings is 1. The fourth-order valence-electron chi connectivity index (χ4n) is 4.76. The van der Waals surface area contributed by atoms with E-state index in [0.29, 0.717) is 28.4 Å². The van der Waals surface area contributed by atoms with Crippen molar-refractivity contribution in [3.05, 3.63) is 42.7 Å². The first-order chi connectivity index (χ1) is 14.5. The quantitative estimate of drug-likeness (QED) is 0.584. The molecule has 8 heteroatoms. The van der Waals surface area contributed by atoms with Crippen LogP contribution in [0.15, 0.2) is 36.8 Å². The predicted octanol–water partition coefficient (Wildman–Crippen LogP) is 4.12. The molecule has 164 valence electrons. The molecule has 0 radical (unpaired) electrons. The van der Waals surface area contributed by atoms with Crippen LogP contribution in [0.25, 0.3) is 22.4 Å². The number of halogens is 1. The zero-order valence-corrected chi connectivity index (χ0v) is 18.6. The number of phenols is 1. The monoisotopic (exact) mass is 424 g/mol. The lowest BCUT2D eigenvalue weighted by atomic mass is 9.79. The number of phenolic OH excluding ortho intramolecular Hbond substituents is 1. The summed E-state index contributed by atoms with van der Waals surface area (Å²) in [5, 5.41) is 20.1. The number of aromatic nitrogens is 4. The molecule has 0 spiro atoms. The molecule has 1 saturated heterocycles. The number of nitrogens with zero attached hydrogens (tertiary/aromatic N) is 4. The Hall–Kier alpha value is -3.00. The number of anilines is 1. The number of H-pyrrole nitrogens is 1. The first kappa shape index (κ1) is 21.2. The first-order valence-electron chi connectivity index (χ1n) is 10.4. The Labute approximate surface area is 181 Å². The van der Waals surface area contributed by atoms with E-state index in [-0.39, 0.29) is 16.8 Å². The Bertz CT molecular complexity index is 1060. The molecule has 3 N–H and O–H groups in total. The summed E-state index contributed by atoms with van der Waals surface area (Å²) in [6, 6.07) is 5.28. The molecule has 31 heavy (non-hydrogen) atoms. The SMILES string of the molecule is CN(c1cnc(-c2ccc(-c3cn[nH]c3F)cc2O)cn1)C1CC(C)(C)NC(C)(C)C1. The average Bonchev–Trinajstić information content (AvgIpc) is 3.11. The van der Waals surface area contributed by atoms with Crippen molar-refractivity contribution in [2.75, 3.05) is 11.9 Å². The van der Waals surface area contributed by atoms with E-state index < -0.39 is 5.95 Å². The van der Waals surface area contributed by atoms with E-state index >= 15 is 0 Å². The number of piperidine rings is 1. The molecule has 0 aliphatic carbocycles. The van der Waals surface area contributed by atoms with E-state index in [9.17, 15) is 9.50 Å². The highest BCUT2D eigenvalue weighted by Crippen LogP contribution is 2.35. The maximum atomic E-state index is 13.7. The normalized spacial score (nSPS) is 18.1. The lowest BCUT2D eigenvalue weighted by molar-refractivity contribution is 0.160. The second kappa shape index (κ2) is 7.60. The van der Waals surface area contributed by atoms with Crippen LogP contribution in [0.5, 0.6) is 5.75 Å². The molecule has 0 bridgehead atoms. The van der Waals surface area contributed by atoms with Crippen molar-refractivity contribution in [2.24, 2.45) is 0 Å². The topological polar surface area (TPSA) is 90.0 Å². The van der Waals surface area contributed by atoms with Gasteiger partial charge in [0.2, 0.25) is 5.95 Å². The highest BCUT2D eigenvalue weighted by Gasteiger charge is 2.39. The van der Waals surface area contributed by atoms with Crippen LogP contribution >= 0.6 is 0 Å². The van der Waals surface area contributed by atoms with Crippen molar-refractivity contribution in [1.82, 2.24) is 25.5 Å². The van der Waals surface area contributed by atoms with Crippen LogP contribution in [0.1, 0.15) is 40.5 Å². The molecule has 3 heterocycles. The molecule has 0 unspecified atom stereocenters. The predicted molar refractivity (Wildman–Crippen MR) is 119 cm³/mol. The lowest BCUT2D eigenvalue weighted by Gasteiger charge is -2.49. The molecule has 0 amide bonds. The van der Waals surface area contributed by atoms with Crippen LogP contribution in [0, 0.1) is 5.95 Å². The van der Waals surface area contributed by atoms with Crippen LogP contribution in [-0.2, 0) is 0 Å². The van der Waals surface area contributed by atoms with Crippen LogP contribution < -0.4 is 10.2 Å². The molecule has 0 saturated carbocycles. The van der Waals surface area contributed by atoms with Crippen molar-refractivity contribution >= 4 is 5.82 Å². The van der Waals surface area contributed by atoms with Crippen molar-refractivity contribution in [2.45, 2.75) is 57.7 Å². The lowest BCUT2D eigenvalue weighted by Crippen LogP contribution is -2.62. The number of rotatable bonds is 4. The summed E-state index contributed by atoms with van der Waals surface area (Å²) in [4.78, 5) is 11.3. The van der Waals surface area contributed by atoms with Gasteiger partial charge in [-0.3, -0.25) is 10.1 Å². The van der Waals surface area contributed by atoms with Gasteiger partial charge in [0.1, 0.15) is 11.6 Å². The van der Waals surface area contributed by atoms with E-state index in [2.05, 4.69) is 65.1 Å². The van der Waals surface area contributed by atoms with Gasteiger partial charge in [-0.1, -0.05) is 6.07 Å². The summed E-state index contributed by atoms with van der Waals surface area (Å²) >= 11 is 0. The highest BCUT2D eigenvalue weighted by molar-refractivity contribution is 5.73. The van der Waals surface area contributed by atoms with E-state index in [1.807, 2.05) is 0 Å². The number of hydrogen-bond donors (Lipinski definition) is 3. The fraction of sp³-hybridized carbons (Fsp3) is 0.435. The van der Waals surface area contributed by atoms with Gasteiger partial charge >= 0.3 is 0 Å². The minimum Gasteiger partial charge on any atom is -0.507 e. The van der Waals surface area contributed by atoms with Gasteiger partial charge in [-0.05, 0) is 58.2 Å². The van der Waals surface area contributed by atoms with Crippen molar-refractivity contribution in [1.29, 1.82) is 0 Å². The highest BCUT2D eigenvalue weighted by atomic mass is 19.1. The largest absolute Gasteiger partial charge is 0.507 e. The Morgan fingerprint density at radius 3 is 2.29 bits per heavy atom. The van der Waals surface area contributed by atoms with Crippen molar-refractivity contribution < 1.29 is 9.50 Å². The average molecular weight is 425 g/mol. The van der Waals surface area contributed by atoms with Gasteiger partial charge in [0.15, 0.2) is 0 Å². The summed E-state index contributed by atoms with van der Waals surface area (Å²) < 4.78 is 13.7. The molecule has 3 aromatic rings. The van der Waals surface area contributed by atoms with Gasteiger partial charge in [0.05, 0.1) is 29.8 Å². The van der Waals surface area contributed by atoms with Gasteiger partial charge in [0, 0.05) is 29.7 Å². The standard InChI is InChI=1S/C23H29FN6O/c1-22(2)9-15(10-23(3,4)29-22)30(5)20-13-25-18(12-26-20)16-7-6-14(8-19(16)31)17-11-27-28-21(17)24/h6-8,11-13,15,29,31H,9-10H2,1-5H3,(H,27,28). The van der Waals surface area contributed by atoms with Gasteiger partial charge < -0.3 is 15.3 Å². The molecule has 0 atom stereocenters. The minimum atomic E-state index is -0.538. The van der Waals surface area contributed by atoms with Gasteiger partial charge in [-0.15, -0.1) is 0 Å². The Morgan fingerprint density at radius 2 is 1.74 bits per heavy atom. The number of nitrogens with one attached hydrogen (secondary N) is 2. The second-order valence-corrected chi connectivity index (χ2v) is 9.66. The summed E-state index contributed by atoms with van der Waals surface area (Å²) in [5.41, 5.74) is 2.01. The molecular formula is C23H29FN6O. The second-order valence-electron chi connectivity index (χ2n) is 9.66. The van der Waals surface area contributed by atoms with Gasteiger partial charge in [-0.25, -0.2) is 4.98 Å². The Kier molecular flexibility index (Phi) is 5.21. The summed E-state index contributed by atoms with van der Waals surface area (Å²) in [5.74, 6) is 0.262. The zero-order valence-electron chi connectivity index (χ0n) is 18.6. The molecule has 1 aliphatic heterocycles. The first-order valence-corrected chi connectivity index (χ1v) is 10.4. The Balaban J connectivity index is 1.55. The van der Waals surface area contributed by atoms with Gasteiger partial charge in [0.25, 0.3) is 0 Å². The number of aromatic hydroxyl groups is 1. The summed E-state index contributed by atoms with van der Waals surface area (Å²) in [6.07, 6.45) is 6.79. The third kappa shape index (κ3) is 4.39. The van der Waals surface area contributed by atoms with E-state index in [1.165, 1.54) is 12.3 Å². The van der Waals surface area contributed by atoms with Gasteiger partial charge in [-0.2, -0.15) is 9.49 Å². The minimum absolute atomic E-state index is 0.00959. The van der Waals surface area contributed by atoms with E-state index in [4.69, 9.17) is 0 Å². The molecule has 7 nitrogen and oxygen atoms in total. The van der Waals surface area contributed by atoms with Crippen molar-refractivity contribution in [3.63, 3.8) is 0 Å². The van der Waals surface area contributed by atoms with Crippen LogP contribution in [-0.4, -0.2) is 49.4 Å². The maximum Gasteiger partial charge on any atom is 0.216 e. The zero-order chi connectivity index (χ0) is 22.4. The molecule has 2 aromatic heterocycles. The van der Waals surface area contributed by atoms with Crippen LogP contribution in [0.3, 0.4) is 0 Å². The third-order valence-corrected chi connectivity index (χ3v) is 5.89. The van der Waals surface area contributed by atoms with Crippen molar-refractivity contribution in [3.8, 4) is 28.1 Å². The van der Waals surface area contributed by atoms with Crippen LogP contribution in [0.2, 0.25) is 0 Å². The molecule has 1 fully saturated rings. The number of aromatic amines is 1.